The van der Waals surface area contributed by atoms with Crippen molar-refractivity contribution in [2.45, 2.75) is 44.1 Å². The molecule has 2 nitrogen and oxygen atoms in total. The molecule has 1 heterocycles. The van der Waals surface area contributed by atoms with Gasteiger partial charge in [-0.25, -0.2) is 0 Å². The monoisotopic (exact) mass is 189 g/mol. The van der Waals surface area contributed by atoms with Crippen molar-refractivity contribution in [3.05, 3.63) is 0 Å². The molecule has 1 rings (SSSR count). The molecule has 12 heavy (non-hydrogen) atoms. The highest BCUT2D eigenvalue weighted by Gasteiger charge is 2.39. The zero-order valence-electron chi connectivity index (χ0n) is 8.35. The number of hydrogen-bond donors (Lipinski definition) is 2. The Morgan fingerprint density at radius 3 is 2.42 bits per heavy atom. The van der Waals surface area contributed by atoms with Gasteiger partial charge in [0.25, 0.3) is 0 Å². The molecule has 1 saturated heterocycles. The van der Waals surface area contributed by atoms with Crippen molar-refractivity contribution in [2.75, 3.05) is 12.3 Å². The molecule has 0 radical (unpaired) electrons. The first-order valence-electron chi connectivity index (χ1n) is 4.41. The Labute approximate surface area is 79.1 Å². The van der Waals surface area contributed by atoms with Crippen LogP contribution in [0.2, 0.25) is 0 Å². The molecule has 0 aromatic carbocycles. The molecular formula is C9H19NOS. The number of rotatable bonds is 3. The fourth-order valence-corrected chi connectivity index (χ4v) is 2.38. The topological polar surface area (TPSA) is 32.3 Å². The summed E-state index contributed by atoms with van der Waals surface area (Å²) in [5, 5.41) is 12.9. The normalized spacial score (nSPS) is 28.2. The van der Waals surface area contributed by atoms with Gasteiger partial charge in [0.1, 0.15) is 0 Å². The Morgan fingerprint density at radius 1 is 1.58 bits per heavy atom. The summed E-state index contributed by atoms with van der Waals surface area (Å²) in [6.45, 7) is 8.83. The lowest BCUT2D eigenvalue weighted by atomic mass is 10.0. The summed E-state index contributed by atoms with van der Waals surface area (Å²) in [6, 6.07) is 0.564. The minimum Gasteiger partial charge on any atom is -0.389 e. The smallest absolute Gasteiger partial charge is 0.0715 e. The molecule has 0 spiro atoms. The molecule has 0 aliphatic carbocycles. The third-order valence-electron chi connectivity index (χ3n) is 2.24. The standard InChI is InChI=1S/C9H19NOS/c1-8(2,11)6-10-7-5-12-9(7,3)4/h7,10-11H,5-6H2,1-4H3. The summed E-state index contributed by atoms with van der Waals surface area (Å²) < 4.78 is 0.352. The molecule has 0 bridgehead atoms. The quantitative estimate of drug-likeness (QED) is 0.700. The fraction of sp³-hybridized carbons (Fsp3) is 1.00. The SMILES string of the molecule is CC(C)(O)CNC1CSC1(C)C. The lowest BCUT2D eigenvalue weighted by Crippen LogP contribution is -2.57. The van der Waals surface area contributed by atoms with Crippen LogP contribution in [0, 0.1) is 0 Å². The summed E-state index contributed by atoms with van der Waals surface area (Å²) in [6.07, 6.45) is 0. The summed E-state index contributed by atoms with van der Waals surface area (Å²) in [5.41, 5.74) is -0.587. The Bertz CT molecular complexity index is 162. The van der Waals surface area contributed by atoms with E-state index in [2.05, 4.69) is 19.2 Å². The van der Waals surface area contributed by atoms with E-state index >= 15 is 0 Å². The second-order valence-electron chi connectivity index (χ2n) is 4.66. The van der Waals surface area contributed by atoms with Gasteiger partial charge in [-0.2, -0.15) is 11.8 Å². The highest BCUT2D eigenvalue weighted by Crippen LogP contribution is 2.39. The van der Waals surface area contributed by atoms with Crippen LogP contribution >= 0.6 is 11.8 Å². The Kier molecular flexibility index (Phi) is 2.76. The van der Waals surface area contributed by atoms with Crippen LogP contribution in [0.1, 0.15) is 27.7 Å². The molecule has 0 saturated carbocycles. The average molecular weight is 189 g/mol. The van der Waals surface area contributed by atoms with Crippen LogP contribution in [0.25, 0.3) is 0 Å². The number of aliphatic hydroxyl groups is 1. The van der Waals surface area contributed by atoms with Crippen LogP contribution in [0.5, 0.6) is 0 Å². The summed E-state index contributed by atoms with van der Waals surface area (Å²) in [7, 11) is 0. The zero-order chi connectivity index (χ0) is 9.41. The molecule has 1 aliphatic heterocycles. The van der Waals surface area contributed by atoms with E-state index in [1.165, 1.54) is 5.75 Å². The minimum atomic E-state index is -0.587. The van der Waals surface area contributed by atoms with Crippen molar-refractivity contribution in [2.24, 2.45) is 0 Å². The van der Waals surface area contributed by atoms with Crippen molar-refractivity contribution in [3.63, 3.8) is 0 Å². The van der Waals surface area contributed by atoms with Crippen LogP contribution < -0.4 is 5.32 Å². The first kappa shape index (κ1) is 10.4. The van der Waals surface area contributed by atoms with Gasteiger partial charge < -0.3 is 10.4 Å². The molecule has 1 unspecified atom stereocenters. The predicted molar refractivity (Wildman–Crippen MR) is 54.6 cm³/mol. The summed E-state index contributed by atoms with van der Waals surface area (Å²) >= 11 is 1.98. The second-order valence-corrected chi connectivity index (χ2v) is 6.33. The summed E-state index contributed by atoms with van der Waals surface area (Å²) in [5.74, 6) is 1.17. The molecule has 1 aliphatic rings. The van der Waals surface area contributed by atoms with E-state index in [-0.39, 0.29) is 0 Å². The lowest BCUT2D eigenvalue weighted by Gasteiger charge is -2.45. The Morgan fingerprint density at radius 2 is 2.17 bits per heavy atom. The van der Waals surface area contributed by atoms with Crippen molar-refractivity contribution in [1.82, 2.24) is 5.32 Å². The summed E-state index contributed by atoms with van der Waals surface area (Å²) in [4.78, 5) is 0. The zero-order valence-corrected chi connectivity index (χ0v) is 9.16. The first-order chi connectivity index (χ1) is 5.31. The highest BCUT2D eigenvalue weighted by atomic mass is 32.2. The fourth-order valence-electron chi connectivity index (χ4n) is 1.18. The van der Waals surface area contributed by atoms with Crippen LogP contribution in [-0.2, 0) is 0 Å². The predicted octanol–water partition coefficient (Wildman–Crippen LogP) is 1.24. The van der Waals surface area contributed by atoms with Crippen molar-refractivity contribution >= 4 is 11.8 Å². The van der Waals surface area contributed by atoms with Crippen LogP contribution in [-0.4, -0.2) is 33.8 Å². The van der Waals surface area contributed by atoms with E-state index in [1.807, 2.05) is 25.6 Å². The van der Waals surface area contributed by atoms with Gasteiger partial charge >= 0.3 is 0 Å². The van der Waals surface area contributed by atoms with Crippen molar-refractivity contribution < 1.29 is 5.11 Å². The van der Waals surface area contributed by atoms with Gasteiger partial charge in [0, 0.05) is 23.1 Å². The van der Waals surface area contributed by atoms with Gasteiger partial charge in [-0.3, -0.25) is 0 Å². The molecule has 1 fully saturated rings. The number of hydrogen-bond acceptors (Lipinski definition) is 3. The van der Waals surface area contributed by atoms with E-state index in [4.69, 9.17) is 0 Å². The van der Waals surface area contributed by atoms with Crippen LogP contribution in [0.4, 0.5) is 0 Å². The maximum Gasteiger partial charge on any atom is 0.0715 e. The van der Waals surface area contributed by atoms with Gasteiger partial charge in [0.05, 0.1) is 5.60 Å². The van der Waals surface area contributed by atoms with Gasteiger partial charge in [-0.15, -0.1) is 0 Å². The second kappa shape index (κ2) is 3.20. The van der Waals surface area contributed by atoms with E-state index in [0.717, 1.165) is 0 Å². The maximum absolute atomic E-state index is 9.49. The van der Waals surface area contributed by atoms with Gasteiger partial charge in [-0.1, -0.05) is 0 Å². The highest BCUT2D eigenvalue weighted by molar-refractivity contribution is 8.02. The third-order valence-corrected chi connectivity index (χ3v) is 3.77. The lowest BCUT2D eigenvalue weighted by molar-refractivity contribution is 0.0754. The first-order valence-corrected chi connectivity index (χ1v) is 5.39. The van der Waals surface area contributed by atoms with E-state index in [1.54, 1.807) is 0 Å². The largest absolute Gasteiger partial charge is 0.389 e. The van der Waals surface area contributed by atoms with Crippen LogP contribution in [0.15, 0.2) is 0 Å². The molecule has 0 aromatic heterocycles. The molecule has 0 amide bonds. The number of nitrogens with one attached hydrogen (secondary N) is 1. The van der Waals surface area contributed by atoms with E-state index < -0.39 is 5.60 Å². The average Bonchev–Trinajstić information content (AvgIpc) is 1.83. The molecule has 3 heteroatoms. The Hall–Kier alpha value is 0.270. The number of thioether (sulfide) groups is 1. The minimum absolute atomic E-state index is 0.352. The molecular weight excluding hydrogens is 170 g/mol. The molecule has 2 N–H and O–H groups in total. The van der Waals surface area contributed by atoms with Crippen LogP contribution in [0.3, 0.4) is 0 Å². The van der Waals surface area contributed by atoms with Gasteiger partial charge in [-0.05, 0) is 27.7 Å². The van der Waals surface area contributed by atoms with Crippen molar-refractivity contribution in [3.8, 4) is 0 Å². The third kappa shape index (κ3) is 2.64. The molecule has 0 aromatic rings. The molecule has 1 atom stereocenters. The maximum atomic E-state index is 9.49. The van der Waals surface area contributed by atoms with E-state index in [9.17, 15) is 5.11 Å². The van der Waals surface area contributed by atoms with E-state index in [0.29, 0.717) is 17.3 Å². The van der Waals surface area contributed by atoms with Gasteiger partial charge in [0.2, 0.25) is 0 Å². The van der Waals surface area contributed by atoms with Crippen molar-refractivity contribution in [1.29, 1.82) is 0 Å². The van der Waals surface area contributed by atoms with Gasteiger partial charge in [0.15, 0.2) is 0 Å². The Balaban J connectivity index is 2.25. The molecule has 72 valence electrons.